The van der Waals surface area contributed by atoms with Gasteiger partial charge in [-0.05, 0) is 35.9 Å². The fraction of sp³-hybridized carbons (Fsp3) is 0.308. The molecule has 1 radical (unpaired) electrons. The summed E-state index contributed by atoms with van der Waals surface area (Å²) in [7, 11) is 0. The molecule has 0 saturated heterocycles. The summed E-state index contributed by atoms with van der Waals surface area (Å²) in [5, 5.41) is 0. The smallest absolute Gasteiger partial charge is 0.0230 e. The fourth-order valence-electron chi connectivity index (χ4n) is 1.33. The van der Waals surface area contributed by atoms with Crippen LogP contribution in [0, 0.1) is 5.92 Å². The summed E-state index contributed by atoms with van der Waals surface area (Å²) >= 11 is 1.79. The lowest BCUT2D eigenvalue weighted by molar-refractivity contribution is 1.10. The summed E-state index contributed by atoms with van der Waals surface area (Å²) in [5.74, 6) is 1.25. The van der Waals surface area contributed by atoms with Crippen LogP contribution in [0.2, 0.25) is 0 Å². The Morgan fingerprint density at radius 2 is 2.14 bits per heavy atom. The fourth-order valence-corrected chi connectivity index (χ4v) is 1.84. The zero-order valence-electron chi connectivity index (χ0n) is 9.13. The molecule has 0 aliphatic carbocycles. The highest BCUT2D eigenvalue weighted by molar-refractivity contribution is 7.98. The highest BCUT2D eigenvalue weighted by atomic mass is 32.2. The highest BCUT2D eigenvalue weighted by Crippen LogP contribution is 2.24. The van der Waals surface area contributed by atoms with Crippen LogP contribution < -0.4 is 0 Å². The minimum absolute atomic E-state index is 1.09. The summed E-state index contributed by atoms with van der Waals surface area (Å²) in [6.45, 7) is 8.09. The van der Waals surface area contributed by atoms with Gasteiger partial charge in [0.05, 0.1) is 0 Å². The SMILES string of the molecule is C=C[C](C)c1cc(CC)cc(SC)c1. The molecular weight excluding hydrogens is 188 g/mol. The van der Waals surface area contributed by atoms with E-state index in [1.807, 2.05) is 6.08 Å². The maximum absolute atomic E-state index is 3.80. The van der Waals surface area contributed by atoms with Crippen LogP contribution in [0.5, 0.6) is 0 Å². The molecule has 1 aromatic rings. The Labute approximate surface area is 91.4 Å². The Balaban J connectivity index is 3.09. The van der Waals surface area contributed by atoms with Crippen molar-refractivity contribution in [3.63, 3.8) is 0 Å². The molecule has 0 heterocycles. The molecule has 0 amide bonds. The highest BCUT2D eigenvalue weighted by Gasteiger charge is 2.04. The maximum Gasteiger partial charge on any atom is 0.0230 e. The second kappa shape index (κ2) is 5.26. The van der Waals surface area contributed by atoms with Gasteiger partial charge in [-0.1, -0.05) is 26.0 Å². The molecule has 14 heavy (non-hydrogen) atoms. The van der Waals surface area contributed by atoms with Gasteiger partial charge in [-0.15, -0.1) is 18.3 Å². The van der Waals surface area contributed by atoms with Gasteiger partial charge in [-0.25, -0.2) is 0 Å². The van der Waals surface area contributed by atoms with Gasteiger partial charge >= 0.3 is 0 Å². The summed E-state index contributed by atoms with van der Waals surface area (Å²) in [5.41, 5.74) is 2.69. The van der Waals surface area contributed by atoms with Crippen LogP contribution in [-0.2, 0) is 6.42 Å². The number of allylic oxidation sites excluding steroid dienone is 1. The van der Waals surface area contributed by atoms with E-state index in [0.717, 1.165) is 6.42 Å². The van der Waals surface area contributed by atoms with Crippen molar-refractivity contribution in [3.05, 3.63) is 47.9 Å². The number of rotatable bonds is 4. The third-order valence-electron chi connectivity index (χ3n) is 2.37. The van der Waals surface area contributed by atoms with E-state index in [-0.39, 0.29) is 0 Å². The molecular formula is C13H17S. The molecule has 0 aliphatic heterocycles. The lowest BCUT2D eigenvalue weighted by Gasteiger charge is -2.10. The van der Waals surface area contributed by atoms with Gasteiger partial charge in [0, 0.05) is 10.8 Å². The molecule has 0 unspecified atom stereocenters. The Kier molecular flexibility index (Phi) is 4.27. The first-order valence-corrected chi connectivity index (χ1v) is 6.08. The Morgan fingerprint density at radius 1 is 1.43 bits per heavy atom. The molecule has 0 N–H and O–H groups in total. The van der Waals surface area contributed by atoms with Crippen LogP contribution in [-0.4, -0.2) is 6.26 Å². The van der Waals surface area contributed by atoms with Crippen LogP contribution in [0.1, 0.15) is 25.0 Å². The van der Waals surface area contributed by atoms with Gasteiger partial charge in [0.1, 0.15) is 0 Å². The molecule has 75 valence electrons. The van der Waals surface area contributed by atoms with E-state index in [0.29, 0.717) is 0 Å². The van der Waals surface area contributed by atoms with E-state index in [2.05, 4.69) is 44.9 Å². The van der Waals surface area contributed by atoms with E-state index in [1.54, 1.807) is 11.8 Å². The number of hydrogen-bond donors (Lipinski definition) is 0. The predicted octanol–water partition coefficient (Wildman–Crippen LogP) is 4.10. The monoisotopic (exact) mass is 205 g/mol. The van der Waals surface area contributed by atoms with E-state index in [1.165, 1.54) is 21.9 Å². The maximum atomic E-state index is 3.80. The minimum Gasteiger partial charge on any atom is -0.130 e. The van der Waals surface area contributed by atoms with Crippen molar-refractivity contribution in [3.8, 4) is 0 Å². The molecule has 1 rings (SSSR count). The first-order chi connectivity index (χ1) is 6.71. The first kappa shape index (κ1) is 11.4. The second-order valence-corrected chi connectivity index (χ2v) is 4.19. The zero-order chi connectivity index (χ0) is 10.6. The molecule has 0 fully saturated rings. The summed E-state index contributed by atoms with van der Waals surface area (Å²) < 4.78 is 0. The molecule has 0 saturated carbocycles. The molecule has 0 aromatic heterocycles. The lowest BCUT2D eigenvalue weighted by Crippen LogP contribution is -1.93. The largest absolute Gasteiger partial charge is 0.130 e. The van der Waals surface area contributed by atoms with Crippen molar-refractivity contribution >= 4 is 11.8 Å². The van der Waals surface area contributed by atoms with Crippen molar-refractivity contribution in [1.29, 1.82) is 0 Å². The standard InChI is InChI=1S/C13H17S/c1-5-10(3)12-7-11(6-2)8-13(9-12)14-4/h5,7-9H,1,6H2,2-4H3. The summed E-state index contributed by atoms with van der Waals surface area (Å²) in [4.78, 5) is 1.33. The zero-order valence-corrected chi connectivity index (χ0v) is 9.95. The average Bonchev–Trinajstić information content (AvgIpc) is 2.27. The predicted molar refractivity (Wildman–Crippen MR) is 65.8 cm³/mol. The van der Waals surface area contributed by atoms with Crippen LogP contribution in [0.3, 0.4) is 0 Å². The Hall–Kier alpha value is -0.690. The van der Waals surface area contributed by atoms with Crippen molar-refractivity contribution in [2.75, 3.05) is 6.26 Å². The normalized spacial score (nSPS) is 10.6. The number of aryl methyl sites for hydroxylation is 1. The van der Waals surface area contributed by atoms with E-state index < -0.39 is 0 Å². The molecule has 1 heteroatoms. The van der Waals surface area contributed by atoms with Gasteiger partial charge in [0.25, 0.3) is 0 Å². The second-order valence-electron chi connectivity index (χ2n) is 3.31. The van der Waals surface area contributed by atoms with Crippen LogP contribution in [0.15, 0.2) is 35.7 Å². The number of benzene rings is 1. The Bertz CT molecular complexity index is 293. The van der Waals surface area contributed by atoms with Crippen molar-refractivity contribution in [2.24, 2.45) is 0 Å². The van der Waals surface area contributed by atoms with Crippen LogP contribution in [0.25, 0.3) is 0 Å². The number of hydrogen-bond acceptors (Lipinski definition) is 1. The summed E-state index contributed by atoms with van der Waals surface area (Å²) in [6, 6.07) is 6.72. The van der Waals surface area contributed by atoms with Gasteiger partial charge in [-0.3, -0.25) is 0 Å². The third kappa shape index (κ3) is 2.65. The van der Waals surface area contributed by atoms with Crippen molar-refractivity contribution in [1.82, 2.24) is 0 Å². The molecule has 0 bridgehead atoms. The summed E-state index contributed by atoms with van der Waals surface area (Å²) in [6.07, 6.45) is 5.12. The van der Waals surface area contributed by atoms with Gasteiger partial charge in [0.2, 0.25) is 0 Å². The minimum atomic E-state index is 1.09. The molecule has 0 atom stereocenters. The lowest BCUT2D eigenvalue weighted by atomic mass is 9.98. The van der Waals surface area contributed by atoms with E-state index >= 15 is 0 Å². The first-order valence-electron chi connectivity index (χ1n) is 4.85. The van der Waals surface area contributed by atoms with E-state index in [4.69, 9.17) is 0 Å². The molecule has 0 spiro atoms. The van der Waals surface area contributed by atoms with Crippen LogP contribution in [0.4, 0.5) is 0 Å². The number of thioether (sulfide) groups is 1. The Morgan fingerprint density at radius 3 is 2.64 bits per heavy atom. The van der Waals surface area contributed by atoms with Gasteiger partial charge < -0.3 is 0 Å². The van der Waals surface area contributed by atoms with Gasteiger partial charge in [0.15, 0.2) is 0 Å². The quantitative estimate of drug-likeness (QED) is 0.667. The third-order valence-corrected chi connectivity index (χ3v) is 3.08. The molecule has 0 aliphatic rings. The van der Waals surface area contributed by atoms with Crippen molar-refractivity contribution in [2.45, 2.75) is 25.2 Å². The van der Waals surface area contributed by atoms with Gasteiger partial charge in [-0.2, -0.15) is 0 Å². The van der Waals surface area contributed by atoms with E-state index in [9.17, 15) is 0 Å². The molecule has 1 aromatic carbocycles. The van der Waals surface area contributed by atoms with Crippen molar-refractivity contribution < 1.29 is 0 Å². The molecule has 0 nitrogen and oxygen atoms in total. The van der Waals surface area contributed by atoms with Crippen LogP contribution >= 0.6 is 11.8 Å². The average molecular weight is 205 g/mol. The topological polar surface area (TPSA) is 0 Å².